The van der Waals surface area contributed by atoms with E-state index in [1.165, 1.54) is 6.26 Å². The van der Waals surface area contributed by atoms with E-state index in [1.807, 2.05) is 0 Å². The van der Waals surface area contributed by atoms with Crippen LogP contribution < -0.4 is 0 Å². The number of oxime groups is 1. The Bertz CT molecular complexity index is 127. The van der Waals surface area contributed by atoms with E-state index in [2.05, 4.69) is 32.5 Å². The molecule has 0 atom stereocenters. The zero-order valence-corrected chi connectivity index (χ0v) is 6.92. The Morgan fingerprint density at radius 2 is 2.30 bits per heavy atom. The van der Waals surface area contributed by atoms with E-state index in [-0.39, 0.29) is 0 Å². The highest BCUT2D eigenvalue weighted by molar-refractivity contribution is 5.85. The van der Waals surface area contributed by atoms with Crippen LogP contribution in [0.2, 0.25) is 0 Å². The van der Waals surface area contributed by atoms with Gasteiger partial charge in [-0.15, -0.1) is 0 Å². The maximum Gasteiger partial charge on any atom is 0.114 e. The van der Waals surface area contributed by atoms with Crippen molar-refractivity contribution in [2.24, 2.45) is 11.1 Å². The van der Waals surface area contributed by atoms with Crippen molar-refractivity contribution in [3.63, 3.8) is 0 Å². The Labute approximate surface area is 62.6 Å². The van der Waals surface area contributed by atoms with Gasteiger partial charge in [0.15, 0.2) is 0 Å². The fourth-order valence-corrected chi connectivity index (χ4v) is 0.683. The van der Waals surface area contributed by atoms with E-state index in [1.54, 1.807) is 0 Å². The zero-order chi connectivity index (χ0) is 7.98. The molecule has 58 valence electrons. The standard InChI is InChI=1S/C8H15NO/c1-5-8(7(3)4)9-10-6-2/h6-7H,2,5H2,1,3-4H3. The van der Waals surface area contributed by atoms with Crippen molar-refractivity contribution >= 4 is 5.71 Å². The van der Waals surface area contributed by atoms with E-state index in [9.17, 15) is 0 Å². The molecule has 0 aromatic carbocycles. The third-order valence-corrected chi connectivity index (χ3v) is 1.27. The van der Waals surface area contributed by atoms with Gasteiger partial charge in [-0.25, -0.2) is 0 Å². The van der Waals surface area contributed by atoms with Gasteiger partial charge in [-0.1, -0.05) is 32.5 Å². The molecule has 0 radical (unpaired) electrons. The molecule has 2 nitrogen and oxygen atoms in total. The number of rotatable bonds is 4. The van der Waals surface area contributed by atoms with Crippen LogP contribution >= 0.6 is 0 Å². The second-order valence-corrected chi connectivity index (χ2v) is 2.36. The van der Waals surface area contributed by atoms with Gasteiger partial charge in [0.25, 0.3) is 0 Å². The summed E-state index contributed by atoms with van der Waals surface area (Å²) in [6.07, 6.45) is 2.27. The summed E-state index contributed by atoms with van der Waals surface area (Å²) in [4.78, 5) is 4.70. The molecule has 0 spiro atoms. The van der Waals surface area contributed by atoms with Gasteiger partial charge in [0, 0.05) is 0 Å². The Hall–Kier alpha value is -0.790. The molecule has 0 amide bonds. The maximum absolute atomic E-state index is 4.70. The summed E-state index contributed by atoms with van der Waals surface area (Å²) in [6, 6.07) is 0. The third-order valence-electron chi connectivity index (χ3n) is 1.27. The normalized spacial score (nSPS) is 11.8. The van der Waals surface area contributed by atoms with Crippen LogP contribution in [0.15, 0.2) is 18.0 Å². The average molecular weight is 141 g/mol. The van der Waals surface area contributed by atoms with Crippen molar-refractivity contribution < 1.29 is 4.84 Å². The molecule has 0 aliphatic rings. The predicted octanol–water partition coefficient (Wildman–Crippen LogP) is 2.57. The van der Waals surface area contributed by atoms with E-state index in [0.717, 1.165) is 12.1 Å². The molecular weight excluding hydrogens is 126 g/mol. The summed E-state index contributed by atoms with van der Waals surface area (Å²) < 4.78 is 0. The molecule has 0 heterocycles. The van der Waals surface area contributed by atoms with Crippen LogP contribution in [-0.2, 0) is 4.84 Å². The molecular formula is C8H15NO. The fourth-order valence-electron chi connectivity index (χ4n) is 0.683. The van der Waals surface area contributed by atoms with Crippen molar-refractivity contribution in [3.05, 3.63) is 12.8 Å². The fraction of sp³-hybridized carbons (Fsp3) is 0.625. The Balaban J connectivity index is 3.90. The molecule has 0 unspecified atom stereocenters. The summed E-state index contributed by atoms with van der Waals surface area (Å²) in [5, 5.41) is 3.86. The van der Waals surface area contributed by atoms with Gasteiger partial charge in [0.05, 0.1) is 5.71 Å². The maximum atomic E-state index is 4.70. The van der Waals surface area contributed by atoms with E-state index in [0.29, 0.717) is 5.92 Å². The van der Waals surface area contributed by atoms with Crippen LogP contribution in [0.4, 0.5) is 0 Å². The molecule has 10 heavy (non-hydrogen) atoms. The highest BCUT2D eigenvalue weighted by Crippen LogP contribution is 2.01. The first-order valence-electron chi connectivity index (χ1n) is 3.55. The third kappa shape index (κ3) is 3.28. The lowest BCUT2D eigenvalue weighted by atomic mass is 10.1. The minimum absolute atomic E-state index is 0.463. The first-order valence-corrected chi connectivity index (χ1v) is 3.55. The molecule has 0 saturated heterocycles. The van der Waals surface area contributed by atoms with Gasteiger partial charge in [0.2, 0.25) is 0 Å². The molecule has 0 fully saturated rings. The van der Waals surface area contributed by atoms with Crippen molar-refractivity contribution in [1.82, 2.24) is 0 Å². The summed E-state index contributed by atoms with van der Waals surface area (Å²) in [5.41, 5.74) is 1.07. The molecule has 0 saturated carbocycles. The van der Waals surface area contributed by atoms with E-state index in [4.69, 9.17) is 4.84 Å². The van der Waals surface area contributed by atoms with E-state index < -0.39 is 0 Å². The topological polar surface area (TPSA) is 21.6 Å². The molecule has 0 bridgehead atoms. The predicted molar refractivity (Wildman–Crippen MR) is 43.8 cm³/mol. The lowest BCUT2D eigenvalue weighted by molar-refractivity contribution is 0.266. The molecule has 0 rings (SSSR count). The highest BCUT2D eigenvalue weighted by atomic mass is 16.6. The Kier molecular flexibility index (Phi) is 4.63. The van der Waals surface area contributed by atoms with Crippen LogP contribution in [0.5, 0.6) is 0 Å². The van der Waals surface area contributed by atoms with Gasteiger partial charge in [-0.2, -0.15) is 0 Å². The quantitative estimate of drug-likeness (QED) is 0.335. The molecule has 0 aliphatic heterocycles. The molecule has 0 aliphatic carbocycles. The van der Waals surface area contributed by atoms with Crippen LogP contribution in [0.1, 0.15) is 27.2 Å². The van der Waals surface area contributed by atoms with Crippen LogP contribution in [-0.4, -0.2) is 5.71 Å². The minimum Gasteiger partial charge on any atom is -0.366 e. The first-order chi connectivity index (χ1) is 4.72. The second kappa shape index (κ2) is 5.03. The molecule has 2 heteroatoms. The summed E-state index contributed by atoms with van der Waals surface area (Å²) in [5.74, 6) is 0.463. The van der Waals surface area contributed by atoms with Gasteiger partial charge in [0.1, 0.15) is 6.26 Å². The largest absolute Gasteiger partial charge is 0.366 e. The van der Waals surface area contributed by atoms with Crippen LogP contribution in [0.25, 0.3) is 0 Å². The van der Waals surface area contributed by atoms with Crippen LogP contribution in [0.3, 0.4) is 0 Å². The molecule has 0 aromatic heterocycles. The van der Waals surface area contributed by atoms with Crippen molar-refractivity contribution in [1.29, 1.82) is 0 Å². The molecule has 0 N–H and O–H groups in total. The van der Waals surface area contributed by atoms with E-state index >= 15 is 0 Å². The second-order valence-electron chi connectivity index (χ2n) is 2.36. The summed E-state index contributed by atoms with van der Waals surface area (Å²) >= 11 is 0. The smallest absolute Gasteiger partial charge is 0.114 e. The molecule has 0 aromatic rings. The van der Waals surface area contributed by atoms with Gasteiger partial charge < -0.3 is 4.84 Å². The number of hydrogen-bond acceptors (Lipinski definition) is 2. The van der Waals surface area contributed by atoms with Crippen molar-refractivity contribution in [2.75, 3.05) is 0 Å². The number of hydrogen-bond donors (Lipinski definition) is 0. The Morgan fingerprint density at radius 1 is 1.70 bits per heavy atom. The SMILES string of the molecule is C=CON=C(CC)C(C)C. The lowest BCUT2D eigenvalue weighted by Gasteiger charge is -2.04. The van der Waals surface area contributed by atoms with Gasteiger partial charge in [-0.05, 0) is 12.3 Å². The lowest BCUT2D eigenvalue weighted by Crippen LogP contribution is -2.05. The van der Waals surface area contributed by atoms with Gasteiger partial charge >= 0.3 is 0 Å². The van der Waals surface area contributed by atoms with Crippen LogP contribution in [0, 0.1) is 5.92 Å². The Morgan fingerprint density at radius 3 is 2.60 bits per heavy atom. The first kappa shape index (κ1) is 9.21. The summed E-state index contributed by atoms with van der Waals surface area (Å²) in [7, 11) is 0. The summed E-state index contributed by atoms with van der Waals surface area (Å²) in [6.45, 7) is 9.64. The van der Waals surface area contributed by atoms with Crippen molar-refractivity contribution in [2.45, 2.75) is 27.2 Å². The monoisotopic (exact) mass is 141 g/mol. The zero-order valence-electron chi connectivity index (χ0n) is 6.92. The minimum atomic E-state index is 0.463. The van der Waals surface area contributed by atoms with Gasteiger partial charge in [-0.3, -0.25) is 0 Å². The highest BCUT2D eigenvalue weighted by Gasteiger charge is 2.01. The van der Waals surface area contributed by atoms with Crippen molar-refractivity contribution in [3.8, 4) is 0 Å². The average Bonchev–Trinajstić information content (AvgIpc) is 1.89. The number of nitrogens with zero attached hydrogens (tertiary/aromatic N) is 1.